The zero-order valence-corrected chi connectivity index (χ0v) is 12.5. The lowest BCUT2D eigenvalue weighted by Gasteiger charge is -2.18. The molecule has 2 rings (SSSR count). The maximum Gasteiger partial charge on any atom is 0.124 e. The smallest absolute Gasteiger partial charge is 0.124 e. The number of benzene rings is 1. The first kappa shape index (κ1) is 14.8. The molecule has 0 unspecified atom stereocenters. The summed E-state index contributed by atoms with van der Waals surface area (Å²) in [6, 6.07) is 5.87. The van der Waals surface area contributed by atoms with E-state index in [1.807, 2.05) is 18.2 Å². The number of hydrogen-bond donors (Lipinski definition) is 1. The van der Waals surface area contributed by atoms with Crippen molar-refractivity contribution in [1.29, 1.82) is 0 Å². The van der Waals surface area contributed by atoms with Crippen molar-refractivity contribution < 1.29 is 9.84 Å². The predicted octanol–water partition coefficient (Wildman–Crippen LogP) is 1.88. The predicted molar refractivity (Wildman–Crippen MR) is 80.0 cm³/mol. The van der Waals surface area contributed by atoms with Crippen molar-refractivity contribution in [2.75, 3.05) is 26.8 Å². The normalized spacial score (nSPS) is 11.4. The summed E-state index contributed by atoms with van der Waals surface area (Å²) in [6.07, 6.45) is 0. The average Bonchev–Trinajstić information content (AvgIpc) is 2.82. The lowest BCUT2D eigenvalue weighted by molar-refractivity contribution is 0.260. The van der Waals surface area contributed by atoms with Gasteiger partial charge in [0, 0.05) is 12.6 Å². The fourth-order valence-electron chi connectivity index (χ4n) is 2.40. The molecule has 2 aromatic rings. The molecule has 1 heterocycles. The van der Waals surface area contributed by atoms with Crippen molar-refractivity contribution in [3.8, 4) is 5.75 Å². The molecule has 0 aliphatic heterocycles. The third kappa shape index (κ3) is 2.94. The van der Waals surface area contributed by atoms with E-state index in [-0.39, 0.29) is 6.61 Å². The second kappa shape index (κ2) is 6.72. The van der Waals surface area contributed by atoms with E-state index in [2.05, 4.69) is 23.3 Å². The number of aliphatic hydroxyl groups excluding tert-OH is 1. The van der Waals surface area contributed by atoms with Gasteiger partial charge >= 0.3 is 0 Å². The van der Waals surface area contributed by atoms with Crippen molar-refractivity contribution in [3.63, 3.8) is 0 Å². The molecule has 0 spiro atoms. The van der Waals surface area contributed by atoms with Crippen LogP contribution in [0.3, 0.4) is 0 Å². The molecule has 5 nitrogen and oxygen atoms in total. The van der Waals surface area contributed by atoms with Crippen LogP contribution in [-0.4, -0.2) is 46.4 Å². The number of aromatic nitrogens is 2. The summed E-state index contributed by atoms with van der Waals surface area (Å²) < 4.78 is 7.34. The zero-order valence-electron chi connectivity index (χ0n) is 12.5. The molecule has 0 bridgehead atoms. The Morgan fingerprint density at radius 1 is 1.30 bits per heavy atom. The Bertz CT molecular complexity index is 561. The topological polar surface area (TPSA) is 50.5 Å². The number of fused-ring (bicyclic) bond motifs is 1. The monoisotopic (exact) mass is 277 g/mol. The summed E-state index contributed by atoms with van der Waals surface area (Å²) in [4.78, 5) is 7.02. The Balaban J connectivity index is 2.43. The van der Waals surface area contributed by atoms with Gasteiger partial charge in [-0.2, -0.15) is 0 Å². The first-order valence-electron chi connectivity index (χ1n) is 7.09. The molecule has 5 heteroatoms. The van der Waals surface area contributed by atoms with Crippen molar-refractivity contribution >= 4 is 11.0 Å². The third-order valence-corrected chi connectivity index (χ3v) is 3.62. The van der Waals surface area contributed by atoms with E-state index in [4.69, 9.17) is 9.72 Å². The number of nitrogens with zero attached hydrogens (tertiary/aromatic N) is 3. The van der Waals surface area contributed by atoms with E-state index in [9.17, 15) is 5.11 Å². The van der Waals surface area contributed by atoms with Crippen LogP contribution in [0.2, 0.25) is 0 Å². The van der Waals surface area contributed by atoms with Gasteiger partial charge in [0.15, 0.2) is 0 Å². The van der Waals surface area contributed by atoms with Gasteiger partial charge in [-0.3, -0.25) is 4.90 Å². The number of ether oxygens (including phenoxy) is 1. The Morgan fingerprint density at radius 2 is 2.05 bits per heavy atom. The second-order valence-corrected chi connectivity index (χ2v) is 4.72. The molecule has 1 aromatic carbocycles. The van der Waals surface area contributed by atoms with Gasteiger partial charge in [-0.1, -0.05) is 13.8 Å². The minimum atomic E-state index is 0.114. The average molecular weight is 277 g/mol. The molecule has 110 valence electrons. The van der Waals surface area contributed by atoms with Gasteiger partial charge in [0.1, 0.15) is 11.6 Å². The summed E-state index contributed by atoms with van der Waals surface area (Å²) in [6.45, 7) is 7.74. The lowest BCUT2D eigenvalue weighted by Crippen LogP contribution is -2.24. The Hall–Kier alpha value is -1.59. The third-order valence-electron chi connectivity index (χ3n) is 3.62. The summed E-state index contributed by atoms with van der Waals surface area (Å²) in [5, 5.41) is 9.28. The van der Waals surface area contributed by atoms with Gasteiger partial charge in [0.05, 0.1) is 31.3 Å². The Morgan fingerprint density at radius 3 is 2.65 bits per heavy atom. The van der Waals surface area contributed by atoms with Crippen LogP contribution in [0.15, 0.2) is 18.2 Å². The lowest BCUT2D eigenvalue weighted by atomic mass is 10.3. The van der Waals surface area contributed by atoms with E-state index in [1.54, 1.807) is 7.11 Å². The van der Waals surface area contributed by atoms with E-state index < -0.39 is 0 Å². The minimum Gasteiger partial charge on any atom is -0.497 e. The molecule has 0 saturated carbocycles. The number of imidazole rings is 1. The van der Waals surface area contributed by atoms with Crippen LogP contribution in [-0.2, 0) is 13.1 Å². The summed E-state index contributed by atoms with van der Waals surface area (Å²) >= 11 is 0. The molecule has 0 fully saturated rings. The molecule has 20 heavy (non-hydrogen) atoms. The fourth-order valence-corrected chi connectivity index (χ4v) is 2.40. The highest BCUT2D eigenvalue weighted by Crippen LogP contribution is 2.22. The van der Waals surface area contributed by atoms with Crippen molar-refractivity contribution in [3.05, 3.63) is 24.0 Å². The molecule has 0 amide bonds. The number of aliphatic hydroxyl groups is 1. The van der Waals surface area contributed by atoms with Crippen LogP contribution in [0.1, 0.15) is 19.7 Å². The second-order valence-electron chi connectivity index (χ2n) is 4.72. The van der Waals surface area contributed by atoms with Gasteiger partial charge in [-0.15, -0.1) is 0 Å². The molecule has 0 atom stereocenters. The maximum absolute atomic E-state index is 9.28. The van der Waals surface area contributed by atoms with Gasteiger partial charge in [-0.05, 0) is 25.2 Å². The quantitative estimate of drug-likeness (QED) is 0.839. The highest BCUT2D eigenvalue weighted by atomic mass is 16.5. The number of rotatable bonds is 7. The standard InChI is InChI=1S/C15H23N3O2/c1-4-17(5-2)11-15-16-13-10-12(20-3)6-7-14(13)18(15)8-9-19/h6-7,10,19H,4-5,8-9,11H2,1-3H3. The van der Waals surface area contributed by atoms with Crippen LogP contribution in [0, 0.1) is 0 Å². The van der Waals surface area contributed by atoms with E-state index in [0.717, 1.165) is 42.2 Å². The van der Waals surface area contributed by atoms with Crippen LogP contribution in [0.5, 0.6) is 5.75 Å². The first-order valence-corrected chi connectivity index (χ1v) is 7.09. The number of hydrogen-bond acceptors (Lipinski definition) is 4. The van der Waals surface area contributed by atoms with E-state index in [1.165, 1.54) is 0 Å². The van der Waals surface area contributed by atoms with Crippen molar-refractivity contribution in [1.82, 2.24) is 14.5 Å². The maximum atomic E-state index is 9.28. The highest BCUT2D eigenvalue weighted by Gasteiger charge is 2.13. The molecule has 0 radical (unpaired) electrons. The van der Waals surface area contributed by atoms with E-state index >= 15 is 0 Å². The van der Waals surface area contributed by atoms with E-state index in [0.29, 0.717) is 6.54 Å². The Kier molecular flexibility index (Phi) is 4.98. The molecule has 0 aliphatic carbocycles. The summed E-state index contributed by atoms with van der Waals surface area (Å²) in [5.41, 5.74) is 1.96. The SMILES string of the molecule is CCN(CC)Cc1nc2cc(OC)ccc2n1CCO. The molecular weight excluding hydrogens is 254 g/mol. The molecule has 1 N–H and O–H groups in total. The van der Waals surface area contributed by atoms with Gasteiger partial charge < -0.3 is 14.4 Å². The zero-order chi connectivity index (χ0) is 14.5. The minimum absolute atomic E-state index is 0.114. The summed E-state index contributed by atoms with van der Waals surface area (Å²) in [5.74, 6) is 1.80. The van der Waals surface area contributed by atoms with Gasteiger partial charge in [-0.25, -0.2) is 4.98 Å². The van der Waals surface area contributed by atoms with Crippen molar-refractivity contribution in [2.45, 2.75) is 26.9 Å². The van der Waals surface area contributed by atoms with Gasteiger partial charge in [0.25, 0.3) is 0 Å². The fraction of sp³-hybridized carbons (Fsp3) is 0.533. The molecule has 0 aliphatic rings. The van der Waals surface area contributed by atoms with Crippen LogP contribution in [0.4, 0.5) is 0 Å². The molecule has 1 aromatic heterocycles. The summed E-state index contributed by atoms with van der Waals surface area (Å²) in [7, 11) is 1.66. The highest BCUT2D eigenvalue weighted by molar-refractivity contribution is 5.77. The Labute approximate surface area is 119 Å². The molecule has 0 saturated heterocycles. The van der Waals surface area contributed by atoms with Crippen molar-refractivity contribution in [2.24, 2.45) is 0 Å². The van der Waals surface area contributed by atoms with Crippen LogP contribution >= 0.6 is 0 Å². The number of methoxy groups -OCH3 is 1. The molecular formula is C15H23N3O2. The largest absolute Gasteiger partial charge is 0.497 e. The van der Waals surface area contributed by atoms with Crippen LogP contribution in [0.25, 0.3) is 11.0 Å². The van der Waals surface area contributed by atoms with Crippen LogP contribution < -0.4 is 4.74 Å². The van der Waals surface area contributed by atoms with Gasteiger partial charge in [0.2, 0.25) is 0 Å². The first-order chi connectivity index (χ1) is 9.73.